The first-order valence-electron chi connectivity index (χ1n) is 7.31. The van der Waals surface area contributed by atoms with Crippen LogP contribution in [0.5, 0.6) is 0 Å². The fourth-order valence-electron chi connectivity index (χ4n) is 2.81. The number of rotatable bonds is 9. The molecule has 16 heavy (non-hydrogen) atoms. The summed E-state index contributed by atoms with van der Waals surface area (Å²) in [6.45, 7) is 13.9. The molecule has 0 aliphatic carbocycles. The van der Waals surface area contributed by atoms with Crippen LogP contribution >= 0.6 is 0 Å². The standard InChI is InChI=1S/C15H33N/c1-7-9-10-11-12-15(8-2)16(13(3)4)14(5)6/h13-15H,7-12H2,1-6H3. The molecule has 0 N–H and O–H groups in total. The second-order valence-electron chi connectivity index (χ2n) is 5.55. The molecule has 1 unspecified atom stereocenters. The molecule has 98 valence electrons. The highest BCUT2D eigenvalue weighted by Crippen LogP contribution is 2.19. The summed E-state index contributed by atoms with van der Waals surface area (Å²) in [5.74, 6) is 0. The summed E-state index contributed by atoms with van der Waals surface area (Å²) in [6, 6.07) is 2.14. The third kappa shape index (κ3) is 5.89. The molecule has 1 nitrogen and oxygen atoms in total. The highest BCUT2D eigenvalue weighted by molar-refractivity contribution is 4.76. The molecule has 1 heteroatoms. The van der Waals surface area contributed by atoms with Crippen molar-refractivity contribution in [3.8, 4) is 0 Å². The molecular weight excluding hydrogens is 194 g/mol. The summed E-state index contributed by atoms with van der Waals surface area (Å²) in [5.41, 5.74) is 0. The van der Waals surface area contributed by atoms with Gasteiger partial charge in [-0.2, -0.15) is 0 Å². The highest BCUT2D eigenvalue weighted by Gasteiger charge is 2.21. The van der Waals surface area contributed by atoms with E-state index in [0.717, 1.165) is 6.04 Å². The Labute approximate surface area is 104 Å². The molecule has 0 saturated heterocycles. The molecule has 0 rings (SSSR count). The molecule has 0 amide bonds. The van der Waals surface area contributed by atoms with E-state index in [1.54, 1.807) is 0 Å². The van der Waals surface area contributed by atoms with Crippen LogP contribution in [-0.4, -0.2) is 23.0 Å². The van der Waals surface area contributed by atoms with Gasteiger partial charge in [-0.05, 0) is 40.5 Å². The molecule has 1 atom stereocenters. The molecule has 0 aromatic heterocycles. The lowest BCUT2D eigenvalue weighted by Crippen LogP contribution is -2.44. The Bertz CT molecular complexity index is 144. The van der Waals surface area contributed by atoms with Crippen LogP contribution in [0.4, 0.5) is 0 Å². The van der Waals surface area contributed by atoms with Crippen molar-refractivity contribution >= 4 is 0 Å². The Hall–Kier alpha value is -0.0400. The highest BCUT2D eigenvalue weighted by atomic mass is 15.2. The molecule has 0 aliphatic rings. The molecule has 0 spiro atoms. The van der Waals surface area contributed by atoms with Gasteiger partial charge < -0.3 is 0 Å². The fraction of sp³-hybridized carbons (Fsp3) is 1.00. The first-order valence-corrected chi connectivity index (χ1v) is 7.31. The maximum Gasteiger partial charge on any atom is 0.00980 e. The maximum atomic E-state index is 2.69. The third-order valence-corrected chi connectivity index (χ3v) is 3.48. The van der Waals surface area contributed by atoms with Crippen LogP contribution in [0.2, 0.25) is 0 Å². The average molecular weight is 227 g/mol. The second-order valence-corrected chi connectivity index (χ2v) is 5.55. The first kappa shape index (κ1) is 16.0. The van der Waals surface area contributed by atoms with Crippen LogP contribution in [0.1, 0.15) is 80.1 Å². The lowest BCUT2D eigenvalue weighted by Gasteiger charge is -2.38. The molecule has 0 radical (unpaired) electrons. The van der Waals surface area contributed by atoms with E-state index < -0.39 is 0 Å². The van der Waals surface area contributed by atoms with Gasteiger partial charge in [-0.3, -0.25) is 4.90 Å². The van der Waals surface area contributed by atoms with Gasteiger partial charge in [0.15, 0.2) is 0 Å². The minimum absolute atomic E-state index is 0.677. The second kappa shape index (κ2) is 9.04. The van der Waals surface area contributed by atoms with Crippen molar-refractivity contribution in [1.29, 1.82) is 0 Å². The van der Waals surface area contributed by atoms with Gasteiger partial charge in [-0.25, -0.2) is 0 Å². The van der Waals surface area contributed by atoms with E-state index in [1.807, 2.05) is 0 Å². The van der Waals surface area contributed by atoms with Gasteiger partial charge >= 0.3 is 0 Å². The minimum atomic E-state index is 0.677. The molecule has 0 bridgehead atoms. The van der Waals surface area contributed by atoms with Gasteiger partial charge in [0.2, 0.25) is 0 Å². The van der Waals surface area contributed by atoms with Crippen molar-refractivity contribution in [3.63, 3.8) is 0 Å². The summed E-state index contributed by atoms with van der Waals surface area (Å²) in [4.78, 5) is 2.69. The van der Waals surface area contributed by atoms with Gasteiger partial charge in [0, 0.05) is 18.1 Å². The predicted molar refractivity (Wildman–Crippen MR) is 74.9 cm³/mol. The summed E-state index contributed by atoms with van der Waals surface area (Å²) >= 11 is 0. The largest absolute Gasteiger partial charge is 0.296 e. The smallest absolute Gasteiger partial charge is 0.00980 e. The quantitative estimate of drug-likeness (QED) is 0.509. The van der Waals surface area contributed by atoms with Crippen LogP contribution in [-0.2, 0) is 0 Å². The molecule has 0 aromatic carbocycles. The van der Waals surface area contributed by atoms with Crippen molar-refractivity contribution in [2.75, 3.05) is 0 Å². The summed E-state index contributed by atoms with van der Waals surface area (Å²) in [6.07, 6.45) is 8.24. The monoisotopic (exact) mass is 227 g/mol. The zero-order valence-electron chi connectivity index (χ0n) is 12.4. The van der Waals surface area contributed by atoms with Gasteiger partial charge in [-0.15, -0.1) is 0 Å². The SMILES string of the molecule is CCCCCCC(CC)N(C(C)C)C(C)C. The minimum Gasteiger partial charge on any atom is -0.296 e. The summed E-state index contributed by atoms with van der Waals surface area (Å²) < 4.78 is 0. The zero-order chi connectivity index (χ0) is 12.6. The summed E-state index contributed by atoms with van der Waals surface area (Å²) in [5, 5.41) is 0. The molecule has 0 fully saturated rings. The zero-order valence-corrected chi connectivity index (χ0v) is 12.4. The van der Waals surface area contributed by atoms with E-state index in [9.17, 15) is 0 Å². The van der Waals surface area contributed by atoms with Crippen LogP contribution in [0.15, 0.2) is 0 Å². The van der Waals surface area contributed by atoms with Crippen molar-refractivity contribution in [3.05, 3.63) is 0 Å². The van der Waals surface area contributed by atoms with Crippen LogP contribution in [0.25, 0.3) is 0 Å². The first-order chi connectivity index (χ1) is 7.54. The van der Waals surface area contributed by atoms with Crippen LogP contribution in [0, 0.1) is 0 Å². The van der Waals surface area contributed by atoms with Crippen molar-refractivity contribution in [2.24, 2.45) is 0 Å². The summed E-state index contributed by atoms with van der Waals surface area (Å²) in [7, 11) is 0. The predicted octanol–water partition coefficient (Wildman–Crippen LogP) is 4.85. The lowest BCUT2D eigenvalue weighted by molar-refractivity contribution is 0.101. The molecular formula is C15H33N. The van der Waals surface area contributed by atoms with E-state index in [-0.39, 0.29) is 0 Å². The van der Waals surface area contributed by atoms with Crippen LogP contribution < -0.4 is 0 Å². The van der Waals surface area contributed by atoms with Gasteiger partial charge in [0.25, 0.3) is 0 Å². The average Bonchev–Trinajstić information content (AvgIpc) is 2.21. The van der Waals surface area contributed by atoms with Crippen molar-refractivity contribution in [2.45, 2.75) is 98.2 Å². The Morgan fingerprint density at radius 1 is 0.812 bits per heavy atom. The van der Waals surface area contributed by atoms with Gasteiger partial charge in [0.05, 0.1) is 0 Å². The Balaban J connectivity index is 4.11. The Morgan fingerprint density at radius 2 is 1.38 bits per heavy atom. The van der Waals surface area contributed by atoms with E-state index >= 15 is 0 Å². The molecule has 0 heterocycles. The molecule has 0 aliphatic heterocycles. The Kier molecular flexibility index (Phi) is 9.02. The topological polar surface area (TPSA) is 3.24 Å². The number of hydrogen-bond donors (Lipinski definition) is 0. The number of nitrogens with zero attached hydrogens (tertiary/aromatic N) is 1. The number of unbranched alkanes of at least 4 members (excludes halogenated alkanes) is 3. The normalized spacial score (nSPS) is 14.1. The van der Waals surface area contributed by atoms with E-state index in [1.165, 1.54) is 38.5 Å². The van der Waals surface area contributed by atoms with Crippen molar-refractivity contribution in [1.82, 2.24) is 4.90 Å². The maximum absolute atomic E-state index is 2.69. The lowest BCUT2D eigenvalue weighted by atomic mass is 10.0. The van der Waals surface area contributed by atoms with E-state index in [2.05, 4.69) is 46.4 Å². The van der Waals surface area contributed by atoms with Crippen molar-refractivity contribution < 1.29 is 0 Å². The van der Waals surface area contributed by atoms with Crippen LogP contribution in [0.3, 0.4) is 0 Å². The Morgan fingerprint density at radius 3 is 1.75 bits per heavy atom. The number of hydrogen-bond acceptors (Lipinski definition) is 1. The van der Waals surface area contributed by atoms with Gasteiger partial charge in [-0.1, -0.05) is 39.5 Å². The molecule has 0 aromatic rings. The fourth-order valence-corrected chi connectivity index (χ4v) is 2.81. The van der Waals surface area contributed by atoms with Gasteiger partial charge in [0.1, 0.15) is 0 Å². The molecule has 0 saturated carbocycles. The van der Waals surface area contributed by atoms with E-state index in [4.69, 9.17) is 0 Å². The third-order valence-electron chi connectivity index (χ3n) is 3.48. The van der Waals surface area contributed by atoms with E-state index in [0.29, 0.717) is 12.1 Å².